The second-order valence-corrected chi connectivity index (χ2v) is 5.26. The zero-order valence-corrected chi connectivity index (χ0v) is 13.2. The summed E-state index contributed by atoms with van der Waals surface area (Å²) < 4.78 is 7.68. The Balaban J connectivity index is 2.13. The summed E-state index contributed by atoms with van der Waals surface area (Å²) in [7, 11) is 0. The lowest BCUT2D eigenvalue weighted by Crippen LogP contribution is -2.13. The molecule has 0 amide bonds. The van der Waals surface area contributed by atoms with E-state index in [-0.39, 0.29) is 12.4 Å². The molecule has 0 spiro atoms. The minimum Gasteiger partial charge on any atom is -0.484 e. The van der Waals surface area contributed by atoms with Gasteiger partial charge in [-0.25, -0.2) is 0 Å². The summed E-state index contributed by atoms with van der Waals surface area (Å²) in [6, 6.07) is 10.9. The molecule has 4 nitrogen and oxygen atoms in total. The number of carbonyl (C=O) groups excluding carboxylic acids is 1. The van der Waals surface area contributed by atoms with Crippen molar-refractivity contribution in [2.75, 3.05) is 6.61 Å². The van der Waals surface area contributed by atoms with Crippen LogP contribution in [0.25, 0.3) is 0 Å². The molecule has 2 aromatic rings. The van der Waals surface area contributed by atoms with Gasteiger partial charge in [0.2, 0.25) is 5.78 Å². The first-order valence-electron chi connectivity index (χ1n) is 7.40. The fraction of sp³-hybridized carbons (Fsp3) is 0.333. The van der Waals surface area contributed by atoms with Gasteiger partial charge in [-0.3, -0.25) is 4.79 Å². The fourth-order valence-electron chi connectivity index (χ4n) is 2.56. The van der Waals surface area contributed by atoms with Gasteiger partial charge < -0.3 is 9.30 Å². The number of nitriles is 1. The summed E-state index contributed by atoms with van der Waals surface area (Å²) in [5.41, 5.74) is 3.19. The van der Waals surface area contributed by atoms with Crippen LogP contribution in [0.2, 0.25) is 0 Å². The third kappa shape index (κ3) is 3.20. The molecule has 0 saturated heterocycles. The highest BCUT2D eigenvalue weighted by Crippen LogP contribution is 2.19. The summed E-state index contributed by atoms with van der Waals surface area (Å²) in [6.07, 6.45) is 1.02. The van der Waals surface area contributed by atoms with Gasteiger partial charge in [-0.15, -0.1) is 0 Å². The van der Waals surface area contributed by atoms with Gasteiger partial charge in [0.25, 0.3) is 0 Å². The Morgan fingerprint density at radius 2 is 2.05 bits per heavy atom. The highest BCUT2D eigenvalue weighted by Gasteiger charge is 2.16. The van der Waals surface area contributed by atoms with Gasteiger partial charge in [0.15, 0.2) is 6.61 Å². The van der Waals surface area contributed by atoms with E-state index in [1.54, 1.807) is 24.3 Å². The van der Waals surface area contributed by atoms with E-state index < -0.39 is 0 Å². The van der Waals surface area contributed by atoms with Crippen molar-refractivity contribution >= 4 is 5.78 Å². The molecule has 0 atom stereocenters. The van der Waals surface area contributed by atoms with E-state index in [1.165, 1.54) is 0 Å². The van der Waals surface area contributed by atoms with Crippen molar-refractivity contribution in [2.45, 2.75) is 33.7 Å². The van der Waals surface area contributed by atoms with Gasteiger partial charge in [-0.1, -0.05) is 19.1 Å². The smallest absolute Gasteiger partial charge is 0.202 e. The van der Waals surface area contributed by atoms with Crippen molar-refractivity contribution < 1.29 is 9.53 Å². The lowest BCUT2D eigenvalue weighted by atomic mass is 10.1. The highest BCUT2D eigenvalue weighted by atomic mass is 16.5. The third-order valence-electron chi connectivity index (χ3n) is 3.69. The van der Waals surface area contributed by atoms with Crippen LogP contribution in [0.4, 0.5) is 0 Å². The standard InChI is InChI=1S/C18H20N2O2/c1-4-9-20-13(2)10-16(14(20)3)17(21)12-22-18-8-6-5-7-15(18)11-19/h5-8,10H,4,9,12H2,1-3H3. The summed E-state index contributed by atoms with van der Waals surface area (Å²) in [4.78, 5) is 12.4. The maximum Gasteiger partial charge on any atom is 0.202 e. The normalized spacial score (nSPS) is 10.3. The first-order chi connectivity index (χ1) is 10.6. The Kier molecular flexibility index (Phi) is 5.00. The number of Topliss-reactive ketones (excluding diaryl/α,β-unsaturated/α-hetero) is 1. The molecular formula is C18H20N2O2. The number of hydrogen-bond donors (Lipinski definition) is 0. The predicted molar refractivity (Wildman–Crippen MR) is 85.2 cm³/mol. The van der Waals surface area contributed by atoms with Gasteiger partial charge in [0.1, 0.15) is 11.8 Å². The van der Waals surface area contributed by atoms with Crippen LogP contribution in [0.3, 0.4) is 0 Å². The zero-order valence-electron chi connectivity index (χ0n) is 13.2. The predicted octanol–water partition coefficient (Wildman–Crippen LogP) is 3.65. The van der Waals surface area contributed by atoms with Crippen molar-refractivity contribution in [1.29, 1.82) is 5.26 Å². The lowest BCUT2D eigenvalue weighted by molar-refractivity contribution is 0.0920. The van der Waals surface area contributed by atoms with E-state index in [4.69, 9.17) is 10.00 Å². The maximum atomic E-state index is 12.4. The molecule has 0 N–H and O–H groups in total. The van der Waals surface area contributed by atoms with Crippen LogP contribution in [0.1, 0.15) is 40.7 Å². The van der Waals surface area contributed by atoms with Crippen LogP contribution >= 0.6 is 0 Å². The number of benzene rings is 1. The molecule has 1 heterocycles. The monoisotopic (exact) mass is 296 g/mol. The molecule has 0 aliphatic heterocycles. The average molecular weight is 296 g/mol. The van der Waals surface area contributed by atoms with Crippen molar-refractivity contribution in [2.24, 2.45) is 0 Å². The summed E-state index contributed by atoms with van der Waals surface area (Å²) >= 11 is 0. The number of para-hydroxylation sites is 1. The van der Waals surface area contributed by atoms with Crippen LogP contribution < -0.4 is 4.74 Å². The van der Waals surface area contributed by atoms with Crippen molar-refractivity contribution in [3.63, 3.8) is 0 Å². The SMILES string of the molecule is CCCn1c(C)cc(C(=O)COc2ccccc2C#N)c1C. The van der Waals surface area contributed by atoms with E-state index >= 15 is 0 Å². The number of rotatable bonds is 6. The molecule has 0 aliphatic rings. The van der Waals surface area contributed by atoms with Crippen LogP contribution in [0.5, 0.6) is 5.75 Å². The number of ether oxygens (including phenoxy) is 1. The average Bonchev–Trinajstić information content (AvgIpc) is 2.81. The molecule has 0 radical (unpaired) electrons. The number of aryl methyl sites for hydroxylation is 1. The molecule has 0 bridgehead atoms. The number of ketones is 1. The van der Waals surface area contributed by atoms with E-state index in [2.05, 4.69) is 17.6 Å². The molecular weight excluding hydrogens is 276 g/mol. The Labute approximate surface area is 130 Å². The van der Waals surface area contributed by atoms with E-state index in [9.17, 15) is 4.79 Å². The molecule has 22 heavy (non-hydrogen) atoms. The van der Waals surface area contributed by atoms with Crippen LogP contribution in [-0.4, -0.2) is 17.0 Å². The Morgan fingerprint density at radius 1 is 1.32 bits per heavy atom. The molecule has 0 aliphatic carbocycles. The molecule has 1 aromatic heterocycles. The molecule has 0 fully saturated rings. The fourth-order valence-corrected chi connectivity index (χ4v) is 2.56. The number of hydrogen-bond acceptors (Lipinski definition) is 3. The molecule has 0 saturated carbocycles. The second-order valence-electron chi connectivity index (χ2n) is 5.26. The molecule has 2 rings (SSSR count). The van der Waals surface area contributed by atoms with Crippen LogP contribution in [-0.2, 0) is 6.54 Å². The molecule has 4 heteroatoms. The quantitative estimate of drug-likeness (QED) is 0.765. The topological polar surface area (TPSA) is 55.0 Å². The Morgan fingerprint density at radius 3 is 2.73 bits per heavy atom. The Hall–Kier alpha value is -2.54. The summed E-state index contributed by atoms with van der Waals surface area (Å²) in [5, 5.41) is 9.03. The second kappa shape index (κ2) is 6.95. The minimum atomic E-state index is -0.0665. The summed E-state index contributed by atoms with van der Waals surface area (Å²) in [6.45, 7) is 6.92. The van der Waals surface area contributed by atoms with Gasteiger partial charge >= 0.3 is 0 Å². The largest absolute Gasteiger partial charge is 0.484 e. The van der Waals surface area contributed by atoms with E-state index in [0.717, 1.165) is 24.4 Å². The van der Waals surface area contributed by atoms with Gasteiger partial charge in [0, 0.05) is 23.5 Å². The van der Waals surface area contributed by atoms with Gasteiger partial charge in [-0.2, -0.15) is 5.26 Å². The minimum absolute atomic E-state index is 0.0604. The highest BCUT2D eigenvalue weighted by molar-refractivity contribution is 5.98. The van der Waals surface area contributed by atoms with Crippen molar-refractivity contribution in [3.8, 4) is 11.8 Å². The maximum absolute atomic E-state index is 12.4. The first kappa shape index (κ1) is 15.8. The zero-order chi connectivity index (χ0) is 16.1. The van der Waals surface area contributed by atoms with Crippen molar-refractivity contribution in [1.82, 2.24) is 4.57 Å². The van der Waals surface area contributed by atoms with Crippen molar-refractivity contribution in [3.05, 3.63) is 52.8 Å². The van der Waals surface area contributed by atoms with Crippen LogP contribution in [0, 0.1) is 25.2 Å². The first-order valence-corrected chi connectivity index (χ1v) is 7.40. The third-order valence-corrected chi connectivity index (χ3v) is 3.69. The van der Waals surface area contributed by atoms with Gasteiger partial charge in [-0.05, 0) is 38.5 Å². The summed E-state index contributed by atoms with van der Waals surface area (Å²) in [5.74, 6) is 0.379. The van der Waals surface area contributed by atoms with Gasteiger partial charge in [0.05, 0.1) is 5.56 Å². The van der Waals surface area contributed by atoms with E-state index in [1.807, 2.05) is 19.9 Å². The number of carbonyl (C=O) groups is 1. The number of nitrogens with zero attached hydrogens (tertiary/aromatic N) is 2. The lowest BCUT2D eigenvalue weighted by Gasteiger charge is -2.09. The molecule has 114 valence electrons. The molecule has 1 aromatic carbocycles. The van der Waals surface area contributed by atoms with Crippen LogP contribution in [0.15, 0.2) is 30.3 Å². The molecule has 0 unspecified atom stereocenters. The number of aromatic nitrogens is 1. The Bertz CT molecular complexity index is 723. The van der Waals surface area contributed by atoms with E-state index in [0.29, 0.717) is 16.9 Å².